The van der Waals surface area contributed by atoms with Crippen LogP contribution in [-0.4, -0.2) is 40.2 Å². The number of ether oxygens (including phenoxy) is 2. The Balaban J connectivity index is 1.29. The highest BCUT2D eigenvalue weighted by atomic mass is 35.5. The van der Waals surface area contributed by atoms with Crippen molar-refractivity contribution in [3.63, 3.8) is 0 Å². The van der Waals surface area contributed by atoms with Gasteiger partial charge in [-0.2, -0.15) is 0 Å². The van der Waals surface area contributed by atoms with Gasteiger partial charge in [0.1, 0.15) is 12.2 Å². The normalized spacial score (nSPS) is 19.5. The second-order valence-corrected chi connectivity index (χ2v) is 8.20. The summed E-state index contributed by atoms with van der Waals surface area (Å²) in [6.45, 7) is 2.96. The van der Waals surface area contributed by atoms with Crippen LogP contribution in [0.5, 0.6) is 11.8 Å². The maximum Gasteiger partial charge on any atom is 0.278 e. The van der Waals surface area contributed by atoms with Gasteiger partial charge in [0, 0.05) is 37.1 Å². The van der Waals surface area contributed by atoms with Gasteiger partial charge in [0.05, 0.1) is 0 Å². The number of aromatic nitrogens is 2. The third-order valence-corrected chi connectivity index (χ3v) is 5.85. The third kappa shape index (κ3) is 5.36. The lowest BCUT2D eigenvalue weighted by Crippen LogP contribution is -2.38. The number of piperidine rings is 1. The second kappa shape index (κ2) is 9.57. The molecule has 0 radical (unpaired) electrons. The fourth-order valence-electron chi connectivity index (χ4n) is 4.01. The highest BCUT2D eigenvalue weighted by Crippen LogP contribution is 2.29. The van der Waals surface area contributed by atoms with Crippen LogP contribution < -0.4 is 9.47 Å². The zero-order chi connectivity index (χ0) is 19.2. The van der Waals surface area contributed by atoms with E-state index in [0.717, 1.165) is 50.3 Å². The number of benzene rings is 1. The van der Waals surface area contributed by atoms with E-state index in [1.807, 2.05) is 12.1 Å². The number of nitrogens with zero attached hydrogens (tertiary/aromatic N) is 3. The Bertz CT molecular complexity index is 742. The molecule has 0 unspecified atom stereocenters. The van der Waals surface area contributed by atoms with Crippen LogP contribution >= 0.6 is 11.6 Å². The summed E-state index contributed by atoms with van der Waals surface area (Å²) in [6, 6.07) is 8.10. The van der Waals surface area contributed by atoms with Gasteiger partial charge in [-0.05, 0) is 56.2 Å². The Labute approximate surface area is 172 Å². The minimum Gasteiger partial charge on any atom is -0.471 e. The summed E-state index contributed by atoms with van der Waals surface area (Å²) in [7, 11) is 0. The fourth-order valence-corrected chi connectivity index (χ4v) is 4.13. The van der Waals surface area contributed by atoms with Crippen molar-refractivity contribution in [2.75, 3.05) is 13.1 Å². The van der Waals surface area contributed by atoms with E-state index in [0.29, 0.717) is 11.8 Å². The van der Waals surface area contributed by atoms with Crippen molar-refractivity contribution in [2.45, 2.75) is 63.7 Å². The van der Waals surface area contributed by atoms with Crippen molar-refractivity contribution < 1.29 is 9.47 Å². The lowest BCUT2D eigenvalue weighted by Gasteiger charge is -2.32. The van der Waals surface area contributed by atoms with E-state index in [4.69, 9.17) is 21.1 Å². The number of hydrogen-bond acceptors (Lipinski definition) is 5. The third-order valence-electron chi connectivity index (χ3n) is 5.60. The first-order valence-corrected chi connectivity index (χ1v) is 10.8. The summed E-state index contributed by atoms with van der Waals surface area (Å²) in [5, 5.41) is 0.783. The van der Waals surface area contributed by atoms with E-state index in [1.54, 1.807) is 12.4 Å². The topological polar surface area (TPSA) is 47.5 Å². The molecular weight excluding hydrogens is 374 g/mol. The van der Waals surface area contributed by atoms with Gasteiger partial charge in [0.25, 0.3) is 11.8 Å². The van der Waals surface area contributed by atoms with Gasteiger partial charge in [-0.15, -0.1) is 0 Å². The molecule has 0 atom stereocenters. The molecule has 1 saturated heterocycles. The van der Waals surface area contributed by atoms with Crippen molar-refractivity contribution in [1.82, 2.24) is 14.9 Å². The summed E-state index contributed by atoms with van der Waals surface area (Å²) < 4.78 is 12.3. The van der Waals surface area contributed by atoms with Crippen molar-refractivity contribution >= 4 is 11.6 Å². The monoisotopic (exact) mass is 401 g/mol. The van der Waals surface area contributed by atoms with E-state index in [2.05, 4.69) is 27.0 Å². The van der Waals surface area contributed by atoms with E-state index >= 15 is 0 Å². The first-order valence-electron chi connectivity index (χ1n) is 10.4. The van der Waals surface area contributed by atoms with Crippen molar-refractivity contribution in [3.8, 4) is 11.8 Å². The maximum absolute atomic E-state index is 6.20. The van der Waals surface area contributed by atoms with Gasteiger partial charge in [-0.25, -0.2) is 9.97 Å². The quantitative estimate of drug-likeness (QED) is 0.690. The van der Waals surface area contributed by atoms with Crippen LogP contribution in [-0.2, 0) is 6.54 Å². The minimum atomic E-state index is 0.159. The van der Waals surface area contributed by atoms with Crippen molar-refractivity contribution in [3.05, 3.63) is 47.2 Å². The summed E-state index contributed by atoms with van der Waals surface area (Å²) in [6.07, 6.45) is 11.7. The molecule has 0 spiro atoms. The molecule has 2 fully saturated rings. The van der Waals surface area contributed by atoms with Gasteiger partial charge < -0.3 is 9.47 Å². The molecule has 0 N–H and O–H groups in total. The average molecular weight is 402 g/mol. The second-order valence-electron chi connectivity index (χ2n) is 7.76. The SMILES string of the molecule is Clc1ccc(CN2CCC(Oc3nccnc3OC3CCCCC3)CC2)cc1. The summed E-state index contributed by atoms with van der Waals surface area (Å²) >= 11 is 5.97. The molecule has 1 aliphatic carbocycles. The fraction of sp³-hybridized carbons (Fsp3) is 0.545. The maximum atomic E-state index is 6.20. The summed E-state index contributed by atoms with van der Waals surface area (Å²) in [5.41, 5.74) is 1.29. The highest BCUT2D eigenvalue weighted by Gasteiger charge is 2.24. The molecule has 0 amide bonds. The van der Waals surface area contributed by atoms with Crippen LogP contribution in [0.3, 0.4) is 0 Å². The number of hydrogen-bond donors (Lipinski definition) is 0. The molecule has 150 valence electrons. The molecule has 2 aliphatic rings. The van der Waals surface area contributed by atoms with E-state index in [1.165, 1.54) is 24.8 Å². The van der Waals surface area contributed by atoms with Crippen LogP contribution in [0.25, 0.3) is 0 Å². The first kappa shape index (κ1) is 19.5. The molecular formula is C22H28ClN3O2. The van der Waals surface area contributed by atoms with E-state index in [9.17, 15) is 0 Å². The average Bonchev–Trinajstić information content (AvgIpc) is 2.73. The molecule has 4 rings (SSSR count). The molecule has 28 heavy (non-hydrogen) atoms. The largest absolute Gasteiger partial charge is 0.471 e. The van der Waals surface area contributed by atoms with Crippen LogP contribution in [0.1, 0.15) is 50.5 Å². The zero-order valence-corrected chi connectivity index (χ0v) is 17.0. The van der Waals surface area contributed by atoms with E-state index in [-0.39, 0.29) is 12.2 Å². The highest BCUT2D eigenvalue weighted by molar-refractivity contribution is 6.30. The molecule has 1 aliphatic heterocycles. The number of likely N-dealkylation sites (tertiary alicyclic amines) is 1. The van der Waals surface area contributed by atoms with Crippen LogP contribution in [0.4, 0.5) is 0 Å². The predicted octanol–water partition coefficient (Wildman–Crippen LogP) is 4.88. The van der Waals surface area contributed by atoms with Gasteiger partial charge in [0.2, 0.25) is 0 Å². The van der Waals surface area contributed by atoms with Crippen LogP contribution in [0.2, 0.25) is 5.02 Å². The number of rotatable bonds is 6. The summed E-state index contributed by atoms with van der Waals surface area (Å²) in [4.78, 5) is 11.2. The lowest BCUT2D eigenvalue weighted by molar-refractivity contribution is 0.0818. The standard InChI is InChI=1S/C22H28ClN3O2/c23-18-8-6-17(7-9-18)16-26-14-10-20(11-15-26)28-22-21(24-12-13-25-22)27-19-4-2-1-3-5-19/h6-9,12-13,19-20H,1-5,10-11,14-16H2. The van der Waals surface area contributed by atoms with E-state index < -0.39 is 0 Å². The lowest BCUT2D eigenvalue weighted by atomic mass is 9.98. The Morgan fingerprint density at radius 1 is 0.821 bits per heavy atom. The van der Waals surface area contributed by atoms with Crippen molar-refractivity contribution in [1.29, 1.82) is 0 Å². The van der Waals surface area contributed by atoms with Gasteiger partial charge in [0.15, 0.2) is 0 Å². The molecule has 1 aromatic heterocycles. The van der Waals surface area contributed by atoms with Gasteiger partial charge in [-0.1, -0.05) is 30.2 Å². The summed E-state index contributed by atoms with van der Waals surface area (Å²) in [5.74, 6) is 1.10. The molecule has 2 heterocycles. The molecule has 0 bridgehead atoms. The van der Waals surface area contributed by atoms with Crippen LogP contribution in [0.15, 0.2) is 36.7 Å². The molecule has 5 nitrogen and oxygen atoms in total. The molecule has 6 heteroatoms. The minimum absolute atomic E-state index is 0.159. The smallest absolute Gasteiger partial charge is 0.278 e. The Morgan fingerprint density at radius 3 is 2.00 bits per heavy atom. The van der Waals surface area contributed by atoms with Crippen molar-refractivity contribution in [2.24, 2.45) is 0 Å². The predicted molar refractivity (Wildman–Crippen MR) is 110 cm³/mol. The number of halogens is 1. The molecule has 1 saturated carbocycles. The Kier molecular flexibility index (Phi) is 6.65. The Hall–Kier alpha value is -1.85. The molecule has 2 aromatic rings. The Morgan fingerprint density at radius 2 is 1.39 bits per heavy atom. The van der Waals surface area contributed by atoms with Gasteiger partial charge >= 0.3 is 0 Å². The van der Waals surface area contributed by atoms with Gasteiger partial charge in [-0.3, -0.25) is 4.90 Å². The molecule has 1 aromatic carbocycles. The van der Waals surface area contributed by atoms with Crippen LogP contribution in [0, 0.1) is 0 Å². The first-order chi connectivity index (χ1) is 13.8. The zero-order valence-electron chi connectivity index (χ0n) is 16.2.